The molecular formula is C24H26ClF3N4O2. The van der Waals surface area contributed by atoms with Crippen LogP contribution in [0.2, 0.25) is 5.02 Å². The molecule has 1 unspecified atom stereocenters. The zero-order valence-electron chi connectivity index (χ0n) is 18.4. The van der Waals surface area contributed by atoms with Crippen molar-refractivity contribution >= 4 is 40.5 Å². The molecule has 6 nitrogen and oxygen atoms in total. The molecule has 34 heavy (non-hydrogen) atoms. The Morgan fingerprint density at radius 2 is 1.79 bits per heavy atom. The molecular weight excluding hydrogens is 469 g/mol. The van der Waals surface area contributed by atoms with Gasteiger partial charge in [0.15, 0.2) is 0 Å². The highest BCUT2D eigenvalue weighted by Crippen LogP contribution is 2.37. The monoisotopic (exact) mass is 494 g/mol. The topological polar surface area (TPSA) is 78.7 Å². The van der Waals surface area contributed by atoms with Gasteiger partial charge in [0.2, 0.25) is 11.8 Å². The van der Waals surface area contributed by atoms with Gasteiger partial charge in [-0.15, -0.1) is 0 Å². The molecule has 2 aromatic rings. The highest BCUT2D eigenvalue weighted by molar-refractivity contribution is 6.33. The summed E-state index contributed by atoms with van der Waals surface area (Å²) in [5, 5.41) is 3.71. The van der Waals surface area contributed by atoms with Crippen molar-refractivity contribution in [3.8, 4) is 0 Å². The number of halogens is 4. The second kappa shape index (κ2) is 9.74. The van der Waals surface area contributed by atoms with Crippen LogP contribution in [0.25, 0.3) is 0 Å². The number of nitrogens with two attached hydrogens (primary N) is 1. The van der Waals surface area contributed by atoms with E-state index in [0.29, 0.717) is 36.9 Å². The normalized spacial score (nSPS) is 19.5. The van der Waals surface area contributed by atoms with Gasteiger partial charge in [-0.05, 0) is 48.7 Å². The summed E-state index contributed by atoms with van der Waals surface area (Å²) >= 11 is 6.45. The van der Waals surface area contributed by atoms with Crippen molar-refractivity contribution in [2.24, 2.45) is 17.6 Å². The van der Waals surface area contributed by atoms with Crippen molar-refractivity contribution in [1.29, 1.82) is 0 Å². The van der Waals surface area contributed by atoms with E-state index < -0.39 is 23.9 Å². The van der Waals surface area contributed by atoms with E-state index in [-0.39, 0.29) is 25.2 Å². The van der Waals surface area contributed by atoms with Gasteiger partial charge in [0.25, 0.3) is 0 Å². The molecule has 3 N–H and O–H groups in total. The molecule has 0 spiro atoms. The lowest BCUT2D eigenvalue weighted by Crippen LogP contribution is -2.39. The zero-order valence-corrected chi connectivity index (χ0v) is 19.2. The summed E-state index contributed by atoms with van der Waals surface area (Å²) in [5.41, 5.74) is 8.52. The maximum absolute atomic E-state index is 12.9. The Labute approximate surface area is 200 Å². The number of benzene rings is 2. The molecule has 2 aromatic carbocycles. The largest absolute Gasteiger partial charge is 0.391 e. The summed E-state index contributed by atoms with van der Waals surface area (Å²) in [6, 6.07) is 12.9. The van der Waals surface area contributed by atoms with E-state index in [4.69, 9.17) is 17.3 Å². The number of primary amides is 1. The van der Waals surface area contributed by atoms with Crippen molar-refractivity contribution in [2.45, 2.75) is 32.0 Å². The Hall–Kier alpha value is -2.94. The van der Waals surface area contributed by atoms with E-state index in [2.05, 4.69) is 5.32 Å². The van der Waals surface area contributed by atoms with Gasteiger partial charge in [-0.2, -0.15) is 13.2 Å². The molecule has 1 atom stereocenters. The van der Waals surface area contributed by atoms with Crippen LogP contribution in [0, 0.1) is 11.8 Å². The number of nitrogens with one attached hydrogen (secondary N) is 1. The quantitative estimate of drug-likeness (QED) is 0.610. The summed E-state index contributed by atoms with van der Waals surface area (Å²) in [6.45, 7) is 1.43. The van der Waals surface area contributed by atoms with Crippen LogP contribution in [0.3, 0.4) is 0 Å². The maximum atomic E-state index is 12.9. The fraction of sp³-hybridized carbons (Fsp3) is 0.417. The highest BCUT2D eigenvalue weighted by Gasteiger charge is 2.41. The van der Waals surface area contributed by atoms with Crippen LogP contribution >= 0.6 is 11.6 Å². The Balaban J connectivity index is 1.34. The van der Waals surface area contributed by atoms with Gasteiger partial charge >= 0.3 is 6.18 Å². The number of hydrogen-bond donors (Lipinski definition) is 2. The lowest BCUT2D eigenvalue weighted by atomic mass is 9.96. The number of carbonyl (C=O) groups is 2. The smallest absolute Gasteiger partial charge is 0.371 e. The minimum absolute atomic E-state index is 0.0829. The first-order chi connectivity index (χ1) is 16.1. The van der Waals surface area contributed by atoms with Crippen molar-refractivity contribution in [2.75, 3.05) is 29.9 Å². The zero-order chi connectivity index (χ0) is 24.5. The van der Waals surface area contributed by atoms with Crippen LogP contribution in [0.4, 0.5) is 30.2 Å². The van der Waals surface area contributed by atoms with E-state index in [1.54, 1.807) is 11.0 Å². The average Bonchev–Trinajstić information content (AvgIpc) is 3.16. The molecule has 2 aliphatic heterocycles. The number of nitrogens with zero attached hydrogens (tertiary/aromatic N) is 2. The van der Waals surface area contributed by atoms with Crippen LogP contribution in [-0.4, -0.2) is 42.5 Å². The Morgan fingerprint density at radius 1 is 1.12 bits per heavy atom. The van der Waals surface area contributed by atoms with E-state index in [9.17, 15) is 22.8 Å². The molecule has 2 aliphatic rings. The molecule has 2 saturated heterocycles. The summed E-state index contributed by atoms with van der Waals surface area (Å²) in [7, 11) is 0. The number of piperidine rings is 1. The Kier molecular flexibility index (Phi) is 6.93. The molecule has 2 heterocycles. The van der Waals surface area contributed by atoms with Gasteiger partial charge in [-0.1, -0.05) is 23.7 Å². The Morgan fingerprint density at radius 3 is 2.35 bits per heavy atom. The van der Waals surface area contributed by atoms with Crippen LogP contribution in [0.5, 0.6) is 0 Å². The second-order valence-corrected chi connectivity index (χ2v) is 9.27. The molecule has 0 aromatic heterocycles. The van der Waals surface area contributed by atoms with Crippen molar-refractivity contribution in [3.05, 3.63) is 53.1 Å². The van der Waals surface area contributed by atoms with E-state index in [0.717, 1.165) is 16.9 Å². The molecule has 2 fully saturated rings. The number of amides is 2. The number of rotatable bonds is 6. The first-order valence-electron chi connectivity index (χ1n) is 11.1. The fourth-order valence-electron chi connectivity index (χ4n) is 4.45. The first kappa shape index (κ1) is 24.2. The van der Waals surface area contributed by atoms with Crippen LogP contribution < -0.4 is 16.0 Å². The molecule has 10 heteroatoms. The van der Waals surface area contributed by atoms with Gasteiger partial charge in [-0.3, -0.25) is 9.59 Å². The van der Waals surface area contributed by atoms with Gasteiger partial charge < -0.3 is 20.9 Å². The number of alkyl halides is 3. The van der Waals surface area contributed by atoms with Crippen molar-refractivity contribution < 1.29 is 22.8 Å². The lowest BCUT2D eigenvalue weighted by Gasteiger charge is -2.34. The molecule has 2 amide bonds. The number of likely N-dealkylation sites (tertiary alicyclic amines) is 1. The van der Waals surface area contributed by atoms with Gasteiger partial charge in [-0.25, -0.2) is 0 Å². The lowest BCUT2D eigenvalue weighted by molar-refractivity contribution is -0.179. The summed E-state index contributed by atoms with van der Waals surface area (Å²) < 4.78 is 38.7. The average molecular weight is 495 g/mol. The summed E-state index contributed by atoms with van der Waals surface area (Å²) in [5.74, 6) is -2.21. The minimum atomic E-state index is -4.14. The van der Waals surface area contributed by atoms with Gasteiger partial charge in [0.1, 0.15) is 0 Å². The van der Waals surface area contributed by atoms with Crippen LogP contribution in [0.1, 0.15) is 24.8 Å². The van der Waals surface area contributed by atoms with E-state index in [1.165, 1.54) is 0 Å². The van der Waals surface area contributed by atoms with Gasteiger partial charge in [0.05, 0.1) is 22.5 Å². The van der Waals surface area contributed by atoms with E-state index >= 15 is 0 Å². The Bertz CT molecular complexity index is 1050. The number of carbonyl (C=O) groups excluding carboxylic acids is 2. The first-order valence-corrected chi connectivity index (χ1v) is 11.5. The summed E-state index contributed by atoms with van der Waals surface area (Å²) in [6.07, 6.45) is -3.81. The second-order valence-electron chi connectivity index (χ2n) is 8.87. The predicted molar refractivity (Wildman–Crippen MR) is 125 cm³/mol. The third-order valence-electron chi connectivity index (χ3n) is 6.50. The van der Waals surface area contributed by atoms with Gasteiger partial charge in [0, 0.05) is 44.0 Å². The molecule has 0 radical (unpaired) electrons. The highest BCUT2D eigenvalue weighted by atomic mass is 35.5. The molecule has 0 bridgehead atoms. The molecule has 0 aliphatic carbocycles. The minimum Gasteiger partial charge on any atom is -0.371 e. The fourth-order valence-corrected chi connectivity index (χ4v) is 4.67. The number of hydrogen-bond acceptors (Lipinski definition) is 4. The molecule has 182 valence electrons. The number of anilines is 3. The maximum Gasteiger partial charge on any atom is 0.391 e. The van der Waals surface area contributed by atoms with Crippen LogP contribution in [0.15, 0.2) is 42.5 Å². The predicted octanol–water partition coefficient (Wildman–Crippen LogP) is 4.70. The standard InChI is InChI=1S/C24H26ClF3N4O2/c25-20-12-19(31-9-7-17(8-10-31)24(26,27)28)5-6-21(20)30-18-3-1-15(2-4-18)13-32-14-16(23(29)34)11-22(32)33/h1-6,12,16-17,30H,7-11,13-14H2,(H2,29,34). The van der Waals surface area contributed by atoms with Crippen molar-refractivity contribution in [1.82, 2.24) is 4.90 Å². The van der Waals surface area contributed by atoms with E-state index in [1.807, 2.05) is 41.3 Å². The van der Waals surface area contributed by atoms with Crippen molar-refractivity contribution in [3.63, 3.8) is 0 Å². The van der Waals surface area contributed by atoms with Crippen LogP contribution in [-0.2, 0) is 16.1 Å². The SMILES string of the molecule is NC(=O)C1CC(=O)N(Cc2ccc(Nc3ccc(N4CCC(C(F)(F)F)CC4)cc3Cl)cc2)C1. The third-order valence-corrected chi connectivity index (χ3v) is 6.81. The molecule has 0 saturated carbocycles. The third kappa shape index (κ3) is 5.58. The molecule has 4 rings (SSSR count). The summed E-state index contributed by atoms with van der Waals surface area (Å²) in [4.78, 5) is 27.0.